The third kappa shape index (κ3) is 4.76. The second kappa shape index (κ2) is 8.97. The van der Waals surface area contributed by atoms with Gasteiger partial charge in [0, 0.05) is 0 Å². The molecule has 2 aromatic rings. The van der Waals surface area contributed by atoms with E-state index >= 15 is 0 Å². The van der Waals surface area contributed by atoms with E-state index in [1.807, 2.05) is 6.92 Å². The van der Waals surface area contributed by atoms with Crippen molar-refractivity contribution in [3.8, 4) is 0 Å². The number of anilines is 1. The Morgan fingerprint density at radius 2 is 2.06 bits per heavy atom. The number of amides is 1. The van der Waals surface area contributed by atoms with E-state index in [4.69, 9.17) is 20.4 Å². The van der Waals surface area contributed by atoms with Gasteiger partial charge in [0.15, 0.2) is 17.7 Å². The van der Waals surface area contributed by atoms with Crippen LogP contribution in [-0.4, -0.2) is 75.0 Å². The number of carbonyl (C=O) groups excluding carboxylic acids is 1. The molecule has 0 aliphatic carbocycles. The normalized spacial score (nSPS) is 26.1. The van der Waals surface area contributed by atoms with Crippen molar-refractivity contribution in [2.45, 2.75) is 50.8 Å². The molecule has 0 spiro atoms. The van der Waals surface area contributed by atoms with Gasteiger partial charge in [0.2, 0.25) is 0 Å². The molecule has 0 radical (unpaired) electrons. The van der Waals surface area contributed by atoms with Crippen LogP contribution >= 0.6 is 0 Å². The first-order valence-corrected chi connectivity index (χ1v) is 10.9. The van der Waals surface area contributed by atoms with E-state index in [0.29, 0.717) is 6.42 Å². The van der Waals surface area contributed by atoms with E-state index in [0.717, 1.165) is 0 Å². The van der Waals surface area contributed by atoms with Gasteiger partial charge in [-0.2, -0.15) is 8.42 Å². The minimum atomic E-state index is -4.52. The average molecular weight is 459 g/mol. The van der Waals surface area contributed by atoms with Crippen LogP contribution in [0.3, 0.4) is 0 Å². The number of nitrogens with zero attached hydrogens (tertiary/aromatic N) is 4. The molecule has 0 unspecified atom stereocenters. The van der Waals surface area contributed by atoms with Crippen molar-refractivity contribution in [3.63, 3.8) is 0 Å². The van der Waals surface area contributed by atoms with Crippen molar-refractivity contribution < 1.29 is 32.3 Å². The predicted octanol–water partition coefficient (Wildman–Crippen LogP) is -2.22. The Kier molecular flexibility index (Phi) is 6.73. The number of nitrogens with two attached hydrogens (primary N) is 2. The molecule has 7 N–H and O–H groups in total. The molecule has 3 heterocycles. The van der Waals surface area contributed by atoms with Crippen LogP contribution in [0.2, 0.25) is 0 Å². The molecule has 1 aliphatic rings. The Balaban J connectivity index is 1.66. The highest BCUT2D eigenvalue weighted by Gasteiger charge is 2.45. The van der Waals surface area contributed by atoms with Gasteiger partial charge < -0.3 is 26.4 Å². The first-order valence-electron chi connectivity index (χ1n) is 9.47. The van der Waals surface area contributed by atoms with E-state index < -0.39 is 53.4 Å². The number of hydrogen-bond donors (Lipinski definition) is 5. The fraction of sp³-hybridized carbons (Fsp3) is 0.625. The van der Waals surface area contributed by atoms with Crippen LogP contribution in [0.1, 0.15) is 26.5 Å². The molecule has 0 saturated carbocycles. The number of carbonyl (C=O) groups is 1. The van der Waals surface area contributed by atoms with Crippen LogP contribution < -0.4 is 16.2 Å². The minimum Gasteiger partial charge on any atom is -0.387 e. The van der Waals surface area contributed by atoms with Crippen molar-refractivity contribution in [1.29, 1.82) is 0 Å². The number of hydrogen-bond acceptors (Lipinski definition) is 12. The lowest BCUT2D eigenvalue weighted by atomic mass is 10.00. The Morgan fingerprint density at radius 1 is 1.35 bits per heavy atom. The highest BCUT2D eigenvalue weighted by atomic mass is 32.2. The Bertz CT molecular complexity index is 1050. The van der Waals surface area contributed by atoms with Gasteiger partial charge in [-0.25, -0.2) is 19.7 Å². The fourth-order valence-corrected chi connectivity index (χ4v) is 3.80. The van der Waals surface area contributed by atoms with Crippen molar-refractivity contribution in [2.75, 3.05) is 12.3 Å². The second-order valence-corrected chi connectivity index (χ2v) is 8.59. The number of aromatic nitrogens is 4. The quantitative estimate of drug-likeness (QED) is 0.283. The molecule has 3 rings (SSSR count). The number of aliphatic hydroxyl groups excluding tert-OH is 2. The smallest absolute Gasteiger partial charge is 0.362 e. The van der Waals surface area contributed by atoms with E-state index in [2.05, 4.69) is 15.0 Å². The Hall–Kier alpha value is -2.43. The number of imidazole rings is 1. The van der Waals surface area contributed by atoms with Crippen molar-refractivity contribution in [1.82, 2.24) is 24.2 Å². The maximum Gasteiger partial charge on any atom is 0.362 e. The number of nitrogen functional groups attached to an aromatic ring is 1. The molecule has 1 amide bonds. The highest BCUT2D eigenvalue weighted by Crippen LogP contribution is 2.32. The lowest BCUT2D eigenvalue weighted by Gasteiger charge is -2.18. The maximum absolute atomic E-state index is 12.1. The van der Waals surface area contributed by atoms with Gasteiger partial charge in [-0.1, -0.05) is 20.3 Å². The van der Waals surface area contributed by atoms with E-state index in [1.54, 1.807) is 11.6 Å². The molecule has 0 bridgehead atoms. The van der Waals surface area contributed by atoms with Gasteiger partial charge in [0.1, 0.15) is 30.2 Å². The Labute approximate surface area is 177 Å². The third-order valence-electron chi connectivity index (χ3n) is 5.17. The average Bonchev–Trinajstić information content (AvgIpc) is 3.27. The number of rotatable bonds is 8. The van der Waals surface area contributed by atoms with E-state index in [1.165, 1.54) is 17.2 Å². The number of ether oxygens (including phenoxy) is 1. The number of aliphatic hydroxyl groups is 2. The standard InChI is InChI=1S/C16H25N7O7S/c1-3-7(2)9(17)15(26)22-31(27,28)29-4-8-11(24)12(25)16(30-8)23-6-21-10-13(18)19-5-20-14(10)23/h5-9,11-12,16,24-25H,3-4,17H2,1-2H3,(H,22,26)(H2,18,19,20)/t7-,8+,9-,11+,12+,16+/m0/s1. The fourth-order valence-electron chi connectivity index (χ4n) is 3.04. The lowest BCUT2D eigenvalue weighted by Crippen LogP contribution is -2.47. The topological polar surface area (TPSA) is 218 Å². The first kappa shape index (κ1) is 23.2. The van der Waals surface area contributed by atoms with Gasteiger partial charge in [-0.15, -0.1) is 0 Å². The molecule has 1 fully saturated rings. The van der Waals surface area contributed by atoms with Gasteiger partial charge in [-0.3, -0.25) is 13.5 Å². The predicted molar refractivity (Wildman–Crippen MR) is 106 cm³/mol. The van der Waals surface area contributed by atoms with Crippen LogP contribution in [-0.2, 0) is 24.0 Å². The molecule has 172 valence electrons. The van der Waals surface area contributed by atoms with E-state index in [-0.39, 0.29) is 22.9 Å². The highest BCUT2D eigenvalue weighted by molar-refractivity contribution is 7.85. The SMILES string of the molecule is CC[C@H](C)[C@H](N)C(=O)NS(=O)(=O)OC[C@H]1O[C@@H](n2cnc3c(N)ncnc32)[C@H](O)[C@@H]1O. The lowest BCUT2D eigenvalue weighted by molar-refractivity contribution is -0.121. The second-order valence-electron chi connectivity index (χ2n) is 7.25. The summed E-state index contributed by atoms with van der Waals surface area (Å²) in [5, 5.41) is 20.7. The van der Waals surface area contributed by atoms with Crippen molar-refractivity contribution in [2.24, 2.45) is 11.7 Å². The summed E-state index contributed by atoms with van der Waals surface area (Å²) < 4.78 is 37.5. The summed E-state index contributed by atoms with van der Waals surface area (Å²) in [6, 6.07) is -1.04. The van der Waals surface area contributed by atoms with Crippen molar-refractivity contribution >= 4 is 33.2 Å². The zero-order valence-corrected chi connectivity index (χ0v) is 17.6. The van der Waals surface area contributed by atoms with Gasteiger partial charge in [0.05, 0.1) is 19.0 Å². The zero-order chi connectivity index (χ0) is 22.9. The van der Waals surface area contributed by atoms with Crippen LogP contribution in [0, 0.1) is 5.92 Å². The van der Waals surface area contributed by atoms with Crippen LogP contribution in [0.4, 0.5) is 5.82 Å². The molecule has 31 heavy (non-hydrogen) atoms. The molecule has 15 heteroatoms. The summed E-state index contributed by atoms with van der Waals surface area (Å²) in [5.41, 5.74) is 12.0. The Morgan fingerprint density at radius 3 is 2.74 bits per heavy atom. The van der Waals surface area contributed by atoms with E-state index in [9.17, 15) is 23.4 Å². The molecule has 1 aliphatic heterocycles. The summed E-state index contributed by atoms with van der Waals surface area (Å²) >= 11 is 0. The summed E-state index contributed by atoms with van der Waals surface area (Å²) in [5.74, 6) is -1.04. The molecular weight excluding hydrogens is 434 g/mol. The summed E-state index contributed by atoms with van der Waals surface area (Å²) in [6.07, 6.45) is -2.23. The summed E-state index contributed by atoms with van der Waals surface area (Å²) in [4.78, 5) is 23.9. The largest absolute Gasteiger partial charge is 0.387 e. The molecule has 2 aromatic heterocycles. The van der Waals surface area contributed by atoms with Crippen LogP contribution in [0.25, 0.3) is 11.2 Å². The molecule has 6 atom stereocenters. The minimum absolute atomic E-state index is 0.120. The maximum atomic E-state index is 12.1. The number of nitrogens with one attached hydrogen (secondary N) is 1. The monoisotopic (exact) mass is 459 g/mol. The van der Waals surface area contributed by atoms with Gasteiger partial charge >= 0.3 is 10.3 Å². The molecule has 1 saturated heterocycles. The molecular formula is C16H25N7O7S. The summed E-state index contributed by atoms with van der Waals surface area (Å²) in [7, 11) is -4.52. The molecule has 14 nitrogen and oxygen atoms in total. The zero-order valence-electron chi connectivity index (χ0n) is 16.8. The third-order valence-corrected chi connectivity index (χ3v) is 6.07. The first-order chi connectivity index (χ1) is 14.6. The van der Waals surface area contributed by atoms with Crippen LogP contribution in [0.15, 0.2) is 12.7 Å². The van der Waals surface area contributed by atoms with Gasteiger partial charge in [0.25, 0.3) is 5.91 Å². The van der Waals surface area contributed by atoms with Gasteiger partial charge in [-0.05, 0) is 5.92 Å². The van der Waals surface area contributed by atoms with Crippen molar-refractivity contribution in [3.05, 3.63) is 12.7 Å². The molecule has 0 aromatic carbocycles. The number of fused-ring (bicyclic) bond motifs is 1. The summed E-state index contributed by atoms with van der Waals surface area (Å²) in [6.45, 7) is 2.85. The van der Waals surface area contributed by atoms with Crippen LogP contribution in [0.5, 0.6) is 0 Å².